The van der Waals surface area contributed by atoms with Crippen LogP contribution in [-0.4, -0.2) is 48.6 Å². The molecule has 1 aromatic rings. The summed E-state index contributed by atoms with van der Waals surface area (Å²) in [7, 11) is 2.15. The van der Waals surface area contributed by atoms with Gasteiger partial charge in [0.1, 0.15) is 0 Å². The fourth-order valence-corrected chi connectivity index (χ4v) is 2.63. The molecule has 1 N–H and O–H groups in total. The second-order valence-corrected chi connectivity index (χ2v) is 6.56. The lowest BCUT2D eigenvalue weighted by Crippen LogP contribution is -2.27. The van der Waals surface area contributed by atoms with Crippen LogP contribution in [0.15, 0.2) is 0 Å². The van der Waals surface area contributed by atoms with E-state index in [9.17, 15) is 4.79 Å². The van der Waals surface area contributed by atoms with Crippen LogP contribution in [0.1, 0.15) is 49.0 Å². The van der Waals surface area contributed by atoms with Gasteiger partial charge in [0.05, 0.1) is 6.61 Å². The molecule has 0 aliphatic carbocycles. The van der Waals surface area contributed by atoms with Crippen LogP contribution in [0.4, 0.5) is 5.13 Å². The van der Waals surface area contributed by atoms with Crippen molar-refractivity contribution in [1.29, 1.82) is 0 Å². The van der Waals surface area contributed by atoms with Crippen LogP contribution in [0.5, 0.6) is 0 Å². The number of carbonyl (C=O) groups is 1. The van der Waals surface area contributed by atoms with Crippen LogP contribution in [0.2, 0.25) is 0 Å². The summed E-state index contributed by atoms with van der Waals surface area (Å²) in [4.78, 5) is 19.2. The molecular formula is C15H27N3O2S. The first kappa shape index (κ1) is 17.9. The molecule has 0 aliphatic rings. The molecule has 6 heteroatoms. The van der Waals surface area contributed by atoms with Crippen LogP contribution in [0.3, 0.4) is 0 Å². The number of hydrogen-bond acceptors (Lipinski definition) is 6. The molecule has 5 nitrogen and oxygen atoms in total. The summed E-state index contributed by atoms with van der Waals surface area (Å²) in [6.07, 6.45) is 2.24. The highest BCUT2D eigenvalue weighted by atomic mass is 32.1. The molecule has 0 saturated carbocycles. The van der Waals surface area contributed by atoms with Crippen molar-refractivity contribution in [2.45, 2.75) is 46.6 Å². The first-order valence-electron chi connectivity index (χ1n) is 7.54. The van der Waals surface area contributed by atoms with E-state index in [4.69, 9.17) is 4.74 Å². The highest BCUT2D eigenvalue weighted by Crippen LogP contribution is 2.22. The Bertz CT molecular complexity index is 446. The monoisotopic (exact) mass is 313 g/mol. The Kier molecular flexibility index (Phi) is 7.67. The van der Waals surface area contributed by atoms with Crippen molar-refractivity contribution in [3.05, 3.63) is 10.6 Å². The summed E-state index contributed by atoms with van der Waals surface area (Å²) in [5.74, 6) is -0.335. The molecule has 0 aromatic carbocycles. The Morgan fingerprint density at radius 1 is 1.43 bits per heavy atom. The molecule has 1 heterocycles. The van der Waals surface area contributed by atoms with E-state index in [0.717, 1.165) is 35.9 Å². The Morgan fingerprint density at radius 3 is 2.76 bits per heavy atom. The molecule has 0 radical (unpaired) electrons. The number of anilines is 1. The van der Waals surface area contributed by atoms with Gasteiger partial charge in [-0.1, -0.05) is 0 Å². The highest BCUT2D eigenvalue weighted by molar-refractivity contribution is 7.15. The molecule has 0 unspecified atom stereocenters. The van der Waals surface area contributed by atoms with Gasteiger partial charge in [0, 0.05) is 17.5 Å². The molecular weight excluding hydrogens is 286 g/mol. The van der Waals surface area contributed by atoms with E-state index in [0.29, 0.717) is 18.3 Å². The number of nitrogens with zero attached hydrogens (tertiary/aromatic N) is 2. The van der Waals surface area contributed by atoms with E-state index >= 15 is 0 Å². The maximum Gasteiger partial charge on any atom is 0.358 e. The average molecular weight is 313 g/mol. The van der Waals surface area contributed by atoms with Crippen molar-refractivity contribution in [2.75, 3.05) is 32.1 Å². The van der Waals surface area contributed by atoms with Crippen LogP contribution >= 0.6 is 11.3 Å². The molecule has 0 amide bonds. The lowest BCUT2D eigenvalue weighted by atomic mass is 10.2. The Hall–Kier alpha value is -1.14. The van der Waals surface area contributed by atoms with Crippen LogP contribution in [-0.2, 0) is 4.74 Å². The Labute approximate surface area is 131 Å². The fourth-order valence-electron chi connectivity index (χ4n) is 1.80. The number of rotatable bonds is 9. The normalized spacial score (nSPS) is 11.2. The number of esters is 1. The Balaban J connectivity index is 2.33. The lowest BCUT2D eigenvalue weighted by molar-refractivity contribution is 0.0519. The van der Waals surface area contributed by atoms with Crippen molar-refractivity contribution >= 4 is 22.4 Å². The lowest BCUT2D eigenvalue weighted by Gasteiger charge is -2.20. The molecule has 0 atom stereocenters. The zero-order chi connectivity index (χ0) is 15.8. The van der Waals surface area contributed by atoms with E-state index in [1.54, 1.807) is 6.92 Å². The largest absolute Gasteiger partial charge is 0.461 e. The molecule has 120 valence electrons. The van der Waals surface area contributed by atoms with Crippen LogP contribution in [0, 0.1) is 6.92 Å². The third-order valence-corrected chi connectivity index (χ3v) is 4.29. The maximum atomic E-state index is 11.7. The quantitative estimate of drug-likeness (QED) is 0.560. The first-order chi connectivity index (χ1) is 9.95. The first-order valence-corrected chi connectivity index (χ1v) is 8.36. The van der Waals surface area contributed by atoms with Gasteiger partial charge < -0.3 is 15.0 Å². The number of thiazole rings is 1. The van der Waals surface area contributed by atoms with Crippen LogP contribution < -0.4 is 5.32 Å². The van der Waals surface area contributed by atoms with E-state index in [2.05, 4.69) is 36.1 Å². The van der Waals surface area contributed by atoms with Gasteiger partial charge in [0.25, 0.3) is 0 Å². The second kappa shape index (κ2) is 9.00. The van der Waals surface area contributed by atoms with E-state index < -0.39 is 0 Å². The minimum absolute atomic E-state index is 0.335. The number of aromatic nitrogens is 1. The second-order valence-electron chi connectivity index (χ2n) is 5.35. The minimum atomic E-state index is -0.335. The molecule has 21 heavy (non-hydrogen) atoms. The third kappa shape index (κ3) is 6.01. The number of hydrogen-bond donors (Lipinski definition) is 1. The molecule has 1 aromatic heterocycles. The van der Waals surface area contributed by atoms with Gasteiger partial charge in [0.2, 0.25) is 0 Å². The summed E-state index contributed by atoms with van der Waals surface area (Å²) in [6.45, 7) is 10.5. The van der Waals surface area contributed by atoms with E-state index in [1.807, 2.05) is 6.92 Å². The molecule has 0 saturated heterocycles. The van der Waals surface area contributed by atoms with Crippen molar-refractivity contribution < 1.29 is 9.53 Å². The summed E-state index contributed by atoms with van der Waals surface area (Å²) < 4.78 is 4.99. The standard InChI is InChI=1S/C15H27N3O2S/c1-6-20-14(19)13-12(4)21-15(17-13)16-9-7-8-10-18(5)11(2)3/h11H,6-10H2,1-5H3,(H,16,17). The van der Waals surface area contributed by atoms with Crippen molar-refractivity contribution in [2.24, 2.45) is 0 Å². The number of nitrogens with one attached hydrogen (secondary N) is 1. The summed E-state index contributed by atoms with van der Waals surface area (Å²) in [6, 6.07) is 0.590. The van der Waals surface area contributed by atoms with Gasteiger partial charge in [-0.05, 0) is 54.1 Å². The highest BCUT2D eigenvalue weighted by Gasteiger charge is 2.16. The smallest absolute Gasteiger partial charge is 0.358 e. The number of ether oxygens (including phenoxy) is 1. The number of aryl methyl sites for hydroxylation is 1. The fraction of sp³-hybridized carbons (Fsp3) is 0.733. The van der Waals surface area contributed by atoms with Gasteiger partial charge in [0.15, 0.2) is 10.8 Å². The third-order valence-electron chi connectivity index (χ3n) is 3.36. The van der Waals surface area contributed by atoms with Crippen LogP contribution in [0.25, 0.3) is 0 Å². The van der Waals surface area contributed by atoms with Crippen molar-refractivity contribution in [3.63, 3.8) is 0 Å². The SMILES string of the molecule is CCOC(=O)c1nc(NCCCCN(C)C(C)C)sc1C. The Morgan fingerprint density at radius 2 is 2.14 bits per heavy atom. The number of unbranched alkanes of at least 4 members (excludes halogenated alkanes) is 1. The number of carbonyl (C=O) groups excluding carboxylic acids is 1. The van der Waals surface area contributed by atoms with Gasteiger partial charge in [-0.3, -0.25) is 0 Å². The van der Waals surface area contributed by atoms with Gasteiger partial charge in [-0.25, -0.2) is 9.78 Å². The minimum Gasteiger partial charge on any atom is -0.461 e. The molecule has 0 spiro atoms. The molecule has 1 rings (SSSR count). The molecule has 0 bridgehead atoms. The van der Waals surface area contributed by atoms with Gasteiger partial charge in [-0.2, -0.15) is 0 Å². The van der Waals surface area contributed by atoms with E-state index in [1.165, 1.54) is 11.3 Å². The predicted octanol–water partition coefficient (Wildman–Crippen LogP) is 3.16. The summed E-state index contributed by atoms with van der Waals surface area (Å²) >= 11 is 1.50. The zero-order valence-corrected chi connectivity index (χ0v) is 14.5. The topological polar surface area (TPSA) is 54.5 Å². The van der Waals surface area contributed by atoms with Gasteiger partial charge in [-0.15, -0.1) is 11.3 Å². The van der Waals surface area contributed by atoms with E-state index in [-0.39, 0.29) is 5.97 Å². The summed E-state index contributed by atoms with van der Waals surface area (Å²) in [5.41, 5.74) is 0.434. The zero-order valence-electron chi connectivity index (χ0n) is 13.7. The summed E-state index contributed by atoms with van der Waals surface area (Å²) in [5, 5.41) is 4.09. The average Bonchev–Trinajstić information content (AvgIpc) is 2.79. The molecule has 0 fully saturated rings. The van der Waals surface area contributed by atoms with Gasteiger partial charge >= 0.3 is 5.97 Å². The van der Waals surface area contributed by atoms with Crippen molar-refractivity contribution in [1.82, 2.24) is 9.88 Å². The van der Waals surface area contributed by atoms with Crippen molar-refractivity contribution in [3.8, 4) is 0 Å². The maximum absolute atomic E-state index is 11.7. The predicted molar refractivity (Wildman–Crippen MR) is 88.3 cm³/mol. The molecule has 0 aliphatic heterocycles.